The number of hydrogen-bond donors (Lipinski definition) is 1. The van der Waals surface area contributed by atoms with Gasteiger partial charge in [0, 0.05) is 62.9 Å². The molecule has 1 aliphatic rings. The zero-order chi connectivity index (χ0) is 17.6. The van der Waals surface area contributed by atoms with Crippen LogP contribution in [0.25, 0.3) is 0 Å². The van der Waals surface area contributed by atoms with Gasteiger partial charge in [-0.2, -0.15) is 0 Å². The lowest BCUT2D eigenvalue weighted by Gasteiger charge is -2.36. The SMILES string of the molecule is O=[N+]([O-])c1ccc(NC(=S)N2CCN(Cc3cccnc3)CC2)cc1. The average molecular weight is 357 g/mol. The van der Waals surface area contributed by atoms with Crippen LogP contribution in [0.2, 0.25) is 0 Å². The average Bonchev–Trinajstić information content (AvgIpc) is 2.63. The van der Waals surface area contributed by atoms with E-state index in [1.54, 1.807) is 18.3 Å². The van der Waals surface area contributed by atoms with E-state index in [2.05, 4.69) is 26.2 Å². The smallest absolute Gasteiger partial charge is 0.269 e. The van der Waals surface area contributed by atoms with Crippen molar-refractivity contribution >= 4 is 28.7 Å². The van der Waals surface area contributed by atoms with Crippen LogP contribution in [0.5, 0.6) is 0 Å². The highest BCUT2D eigenvalue weighted by Gasteiger charge is 2.19. The monoisotopic (exact) mass is 357 g/mol. The Morgan fingerprint density at radius 2 is 1.92 bits per heavy atom. The molecule has 1 aliphatic heterocycles. The molecule has 1 fully saturated rings. The Labute approximate surface area is 151 Å². The summed E-state index contributed by atoms with van der Waals surface area (Å²) in [6.45, 7) is 4.44. The van der Waals surface area contributed by atoms with E-state index in [1.807, 2.05) is 12.3 Å². The minimum absolute atomic E-state index is 0.0699. The molecule has 3 rings (SSSR count). The van der Waals surface area contributed by atoms with E-state index in [4.69, 9.17) is 12.2 Å². The van der Waals surface area contributed by atoms with Gasteiger partial charge >= 0.3 is 0 Å². The van der Waals surface area contributed by atoms with Crippen molar-refractivity contribution in [3.63, 3.8) is 0 Å². The molecule has 0 atom stereocenters. The lowest BCUT2D eigenvalue weighted by molar-refractivity contribution is -0.384. The molecular formula is C17H19N5O2S. The minimum atomic E-state index is -0.413. The van der Waals surface area contributed by atoms with Crippen molar-refractivity contribution in [3.05, 3.63) is 64.5 Å². The fourth-order valence-electron chi connectivity index (χ4n) is 2.73. The van der Waals surface area contributed by atoms with Gasteiger partial charge in [-0.1, -0.05) is 6.07 Å². The third-order valence-electron chi connectivity index (χ3n) is 4.12. The van der Waals surface area contributed by atoms with Gasteiger partial charge in [-0.15, -0.1) is 0 Å². The van der Waals surface area contributed by atoms with Crippen LogP contribution in [0.4, 0.5) is 11.4 Å². The number of nitrogens with one attached hydrogen (secondary N) is 1. The van der Waals surface area contributed by atoms with E-state index >= 15 is 0 Å². The van der Waals surface area contributed by atoms with Gasteiger partial charge in [-0.3, -0.25) is 20.0 Å². The summed E-state index contributed by atoms with van der Waals surface area (Å²) in [7, 11) is 0. The van der Waals surface area contributed by atoms with Crippen LogP contribution in [-0.2, 0) is 6.54 Å². The number of thiocarbonyl (C=S) groups is 1. The van der Waals surface area contributed by atoms with Crippen LogP contribution in [0.1, 0.15) is 5.56 Å². The Morgan fingerprint density at radius 1 is 1.20 bits per heavy atom. The van der Waals surface area contributed by atoms with E-state index < -0.39 is 4.92 Å². The normalized spacial score (nSPS) is 15.0. The number of nitrogens with zero attached hydrogens (tertiary/aromatic N) is 4. The summed E-state index contributed by atoms with van der Waals surface area (Å²) in [6, 6.07) is 10.3. The molecular weight excluding hydrogens is 338 g/mol. The second kappa shape index (κ2) is 8.00. The minimum Gasteiger partial charge on any atom is -0.346 e. The summed E-state index contributed by atoms with van der Waals surface area (Å²) >= 11 is 5.46. The second-order valence-electron chi connectivity index (χ2n) is 5.86. The topological polar surface area (TPSA) is 74.5 Å². The quantitative estimate of drug-likeness (QED) is 0.512. The number of aromatic nitrogens is 1. The predicted octanol–water partition coefficient (Wildman–Crippen LogP) is 2.50. The molecule has 2 aromatic rings. The molecule has 1 aromatic carbocycles. The number of anilines is 1. The highest BCUT2D eigenvalue weighted by molar-refractivity contribution is 7.80. The number of nitro benzene ring substituents is 1. The molecule has 0 amide bonds. The Morgan fingerprint density at radius 3 is 2.52 bits per heavy atom. The van der Waals surface area contributed by atoms with Crippen LogP contribution in [0, 0.1) is 10.1 Å². The van der Waals surface area contributed by atoms with Crippen molar-refractivity contribution in [2.75, 3.05) is 31.5 Å². The van der Waals surface area contributed by atoms with E-state index in [0.717, 1.165) is 38.4 Å². The number of pyridine rings is 1. The van der Waals surface area contributed by atoms with E-state index in [-0.39, 0.29) is 5.69 Å². The molecule has 2 heterocycles. The van der Waals surface area contributed by atoms with E-state index in [9.17, 15) is 10.1 Å². The fraction of sp³-hybridized carbons (Fsp3) is 0.294. The van der Waals surface area contributed by atoms with E-state index in [1.165, 1.54) is 17.7 Å². The first-order valence-electron chi connectivity index (χ1n) is 8.03. The van der Waals surface area contributed by atoms with Crippen molar-refractivity contribution in [1.82, 2.24) is 14.8 Å². The van der Waals surface area contributed by atoms with Gasteiger partial charge in [0.25, 0.3) is 5.69 Å². The van der Waals surface area contributed by atoms with Gasteiger partial charge in [0.1, 0.15) is 0 Å². The predicted molar refractivity (Wildman–Crippen MR) is 100 cm³/mol. The van der Waals surface area contributed by atoms with Crippen molar-refractivity contribution in [2.24, 2.45) is 0 Å². The second-order valence-corrected chi connectivity index (χ2v) is 6.25. The first-order valence-corrected chi connectivity index (χ1v) is 8.44. The first-order chi connectivity index (χ1) is 12.1. The molecule has 130 valence electrons. The number of piperazine rings is 1. The molecule has 25 heavy (non-hydrogen) atoms. The largest absolute Gasteiger partial charge is 0.346 e. The lowest BCUT2D eigenvalue weighted by atomic mass is 10.2. The molecule has 1 saturated heterocycles. The van der Waals surface area contributed by atoms with Crippen molar-refractivity contribution in [1.29, 1.82) is 0 Å². The van der Waals surface area contributed by atoms with Crippen LogP contribution < -0.4 is 5.32 Å². The molecule has 0 bridgehead atoms. The first kappa shape index (κ1) is 17.2. The Kier molecular flexibility index (Phi) is 5.52. The lowest BCUT2D eigenvalue weighted by Crippen LogP contribution is -2.49. The zero-order valence-electron chi connectivity index (χ0n) is 13.7. The number of nitro groups is 1. The molecule has 0 radical (unpaired) electrons. The standard InChI is InChI=1S/C17H19N5O2S/c23-22(24)16-5-3-15(4-6-16)19-17(25)21-10-8-20(9-11-21)13-14-2-1-7-18-12-14/h1-7,12H,8-11,13H2,(H,19,25). The van der Waals surface area contributed by atoms with Crippen LogP contribution in [0.3, 0.4) is 0 Å². The summed E-state index contributed by atoms with van der Waals surface area (Å²) in [5, 5.41) is 14.5. The molecule has 1 aromatic heterocycles. The Hall–Kier alpha value is -2.58. The third kappa shape index (κ3) is 4.71. The summed E-state index contributed by atoms with van der Waals surface area (Å²) in [6.07, 6.45) is 3.68. The molecule has 8 heteroatoms. The van der Waals surface area contributed by atoms with Crippen molar-refractivity contribution in [3.8, 4) is 0 Å². The summed E-state index contributed by atoms with van der Waals surface area (Å²) < 4.78 is 0. The fourth-order valence-corrected chi connectivity index (χ4v) is 3.03. The van der Waals surface area contributed by atoms with Crippen molar-refractivity contribution in [2.45, 2.75) is 6.54 Å². The van der Waals surface area contributed by atoms with Gasteiger partial charge in [0.2, 0.25) is 0 Å². The summed E-state index contributed by atoms with van der Waals surface area (Å²) in [4.78, 5) is 18.9. The van der Waals surface area contributed by atoms with Gasteiger partial charge in [-0.25, -0.2) is 0 Å². The summed E-state index contributed by atoms with van der Waals surface area (Å²) in [5.74, 6) is 0. The van der Waals surface area contributed by atoms with Gasteiger partial charge < -0.3 is 10.2 Å². The third-order valence-corrected chi connectivity index (χ3v) is 4.48. The van der Waals surface area contributed by atoms with Gasteiger partial charge in [0.15, 0.2) is 5.11 Å². The van der Waals surface area contributed by atoms with Gasteiger partial charge in [0.05, 0.1) is 4.92 Å². The molecule has 1 N–H and O–H groups in total. The summed E-state index contributed by atoms with van der Waals surface area (Å²) in [5.41, 5.74) is 2.04. The Balaban J connectivity index is 1.49. The van der Waals surface area contributed by atoms with Crippen LogP contribution >= 0.6 is 12.2 Å². The van der Waals surface area contributed by atoms with Crippen molar-refractivity contribution < 1.29 is 4.92 Å². The number of rotatable bonds is 4. The maximum absolute atomic E-state index is 10.7. The molecule has 0 saturated carbocycles. The molecule has 0 aliphatic carbocycles. The maximum Gasteiger partial charge on any atom is 0.269 e. The number of benzene rings is 1. The molecule has 7 nitrogen and oxygen atoms in total. The Bertz CT molecular complexity index is 730. The van der Waals surface area contributed by atoms with E-state index in [0.29, 0.717) is 5.11 Å². The molecule has 0 spiro atoms. The highest BCUT2D eigenvalue weighted by atomic mass is 32.1. The number of non-ortho nitro benzene ring substituents is 1. The zero-order valence-corrected chi connectivity index (χ0v) is 14.5. The van der Waals surface area contributed by atoms with Crippen LogP contribution in [-0.4, -0.2) is 51.0 Å². The number of hydrogen-bond acceptors (Lipinski definition) is 5. The highest BCUT2D eigenvalue weighted by Crippen LogP contribution is 2.16. The van der Waals surface area contributed by atoms with Gasteiger partial charge in [-0.05, 0) is 36.0 Å². The maximum atomic E-state index is 10.7. The van der Waals surface area contributed by atoms with Crippen LogP contribution in [0.15, 0.2) is 48.8 Å². The molecule has 0 unspecified atom stereocenters.